The summed E-state index contributed by atoms with van der Waals surface area (Å²) < 4.78 is 5.17. The average Bonchev–Trinajstić information content (AvgIpc) is 2.85. The van der Waals surface area contributed by atoms with E-state index in [9.17, 15) is 4.79 Å². The molecule has 0 spiro atoms. The molecule has 1 fully saturated rings. The van der Waals surface area contributed by atoms with Crippen molar-refractivity contribution in [2.45, 2.75) is 65.5 Å². The topological polar surface area (TPSA) is 52.3 Å². The van der Waals surface area contributed by atoms with Gasteiger partial charge in [-0.3, -0.25) is 4.79 Å². The summed E-state index contributed by atoms with van der Waals surface area (Å²) in [6.07, 6.45) is 2.70. The third-order valence-electron chi connectivity index (χ3n) is 2.05. The molecule has 1 unspecified atom stereocenters. The molecule has 1 atom stereocenters. The van der Waals surface area contributed by atoms with Crippen LogP contribution in [0.1, 0.15) is 53.9 Å². The molecule has 0 aromatic heterocycles. The maximum absolute atomic E-state index is 11.3. The van der Waals surface area contributed by atoms with Gasteiger partial charge in [0, 0.05) is 6.04 Å². The Kier molecular flexibility index (Phi) is 5.88. The van der Waals surface area contributed by atoms with Crippen LogP contribution < -0.4 is 5.73 Å². The van der Waals surface area contributed by atoms with Crippen LogP contribution in [0.5, 0.6) is 0 Å². The van der Waals surface area contributed by atoms with E-state index in [1.807, 2.05) is 34.6 Å². The number of hydrogen-bond donors (Lipinski definition) is 1. The molecular weight excluding hydrogens is 190 g/mol. The van der Waals surface area contributed by atoms with E-state index in [2.05, 4.69) is 0 Å². The Balaban J connectivity index is 0.000000921. The van der Waals surface area contributed by atoms with Crippen LogP contribution in [0, 0.1) is 5.92 Å². The highest BCUT2D eigenvalue weighted by atomic mass is 16.6. The van der Waals surface area contributed by atoms with Crippen molar-refractivity contribution in [3.8, 4) is 0 Å². The van der Waals surface area contributed by atoms with Gasteiger partial charge in [0.1, 0.15) is 5.60 Å². The van der Waals surface area contributed by atoms with E-state index in [0.29, 0.717) is 12.3 Å². The minimum atomic E-state index is -0.389. The van der Waals surface area contributed by atoms with Gasteiger partial charge in [-0.15, -0.1) is 0 Å². The average molecular weight is 215 g/mol. The zero-order chi connectivity index (χ0) is 12.1. The number of nitrogens with two attached hydrogens (primary N) is 1. The van der Waals surface area contributed by atoms with E-state index in [4.69, 9.17) is 10.5 Å². The van der Waals surface area contributed by atoms with E-state index in [0.717, 1.165) is 0 Å². The standard InChI is InChI=1S/C10H19NO2.C2H6/c1-10(2,3)13-9(12)6-8(11)7-4-5-7;1-2/h7-8H,4-6,11H2,1-3H3;1-2H3. The van der Waals surface area contributed by atoms with Gasteiger partial charge in [-0.25, -0.2) is 0 Å². The maximum Gasteiger partial charge on any atom is 0.307 e. The lowest BCUT2D eigenvalue weighted by atomic mass is 10.1. The number of carbonyl (C=O) groups excluding carboxylic acids is 1. The Hall–Kier alpha value is -0.570. The molecular formula is C12H25NO2. The number of hydrogen-bond acceptors (Lipinski definition) is 3. The van der Waals surface area contributed by atoms with Crippen molar-refractivity contribution in [3.05, 3.63) is 0 Å². The lowest BCUT2D eigenvalue weighted by molar-refractivity contribution is -0.155. The zero-order valence-electron chi connectivity index (χ0n) is 10.7. The summed E-state index contributed by atoms with van der Waals surface area (Å²) in [7, 11) is 0. The molecule has 15 heavy (non-hydrogen) atoms. The summed E-state index contributed by atoms with van der Waals surface area (Å²) in [5.41, 5.74) is 5.41. The summed E-state index contributed by atoms with van der Waals surface area (Å²) in [6, 6.07) is 0.00912. The largest absolute Gasteiger partial charge is 0.460 e. The Morgan fingerprint density at radius 2 is 1.87 bits per heavy atom. The SMILES string of the molecule is CC.CC(C)(C)OC(=O)CC(N)C1CC1. The van der Waals surface area contributed by atoms with E-state index >= 15 is 0 Å². The molecule has 0 heterocycles. The van der Waals surface area contributed by atoms with Gasteiger partial charge in [-0.1, -0.05) is 13.8 Å². The van der Waals surface area contributed by atoms with E-state index in [1.165, 1.54) is 12.8 Å². The number of rotatable bonds is 3. The van der Waals surface area contributed by atoms with Gasteiger partial charge in [-0.05, 0) is 39.5 Å². The van der Waals surface area contributed by atoms with Crippen molar-refractivity contribution >= 4 is 5.97 Å². The van der Waals surface area contributed by atoms with Crippen molar-refractivity contribution in [2.24, 2.45) is 11.7 Å². The summed E-state index contributed by atoms with van der Waals surface area (Å²) in [6.45, 7) is 9.61. The number of esters is 1. The molecule has 3 nitrogen and oxygen atoms in total. The van der Waals surface area contributed by atoms with Crippen molar-refractivity contribution in [1.82, 2.24) is 0 Å². The molecule has 1 rings (SSSR count). The first-order valence-corrected chi connectivity index (χ1v) is 5.86. The highest BCUT2D eigenvalue weighted by Crippen LogP contribution is 2.33. The molecule has 0 aliphatic heterocycles. The van der Waals surface area contributed by atoms with Crippen molar-refractivity contribution in [3.63, 3.8) is 0 Å². The molecule has 0 aromatic rings. The fourth-order valence-corrected chi connectivity index (χ4v) is 1.27. The molecule has 0 amide bonds. The van der Waals surface area contributed by atoms with Crippen molar-refractivity contribution < 1.29 is 9.53 Å². The van der Waals surface area contributed by atoms with Crippen LogP contribution in [-0.2, 0) is 9.53 Å². The monoisotopic (exact) mass is 215 g/mol. The maximum atomic E-state index is 11.3. The molecule has 0 bridgehead atoms. The van der Waals surface area contributed by atoms with E-state index < -0.39 is 0 Å². The van der Waals surface area contributed by atoms with Crippen LogP contribution >= 0.6 is 0 Å². The Labute approximate surface area is 93.4 Å². The van der Waals surface area contributed by atoms with Crippen LogP contribution in [0.2, 0.25) is 0 Å². The van der Waals surface area contributed by atoms with Gasteiger partial charge >= 0.3 is 5.97 Å². The van der Waals surface area contributed by atoms with Gasteiger partial charge in [0.25, 0.3) is 0 Å². The molecule has 0 radical (unpaired) electrons. The fourth-order valence-electron chi connectivity index (χ4n) is 1.27. The lowest BCUT2D eigenvalue weighted by Gasteiger charge is -2.20. The van der Waals surface area contributed by atoms with Crippen molar-refractivity contribution in [2.75, 3.05) is 0 Å². The Morgan fingerprint density at radius 3 is 2.20 bits per heavy atom. The first-order chi connectivity index (χ1) is 6.88. The molecule has 2 N–H and O–H groups in total. The first kappa shape index (κ1) is 14.4. The van der Waals surface area contributed by atoms with Crippen LogP contribution in [0.25, 0.3) is 0 Å². The summed E-state index contributed by atoms with van der Waals surface area (Å²) in [5.74, 6) is 0.388. The molecule has 90 valence electrons. The summed E-state index contributed by atoms with van der Waals surface area (Å²) >= 11 is 0. The van der Waals surface area contributed by atoms with Gasteiger partial charge in [0.15, 0.2) is 0 Å². The second-order valence-corrected chi connectivity index (χ2v) is 4.79. The molecule has 1 aliphatic rings. The normalized spacial score (nSPS) is 17.5. The smallest absolute Gasteiger partial charge is 0.307 e. The summed E-state index contributed by atoms with van der Waals surface area (Å²) in [4.78, 5) is 11.3. The minimum Gasteiger partial charge on any atom is -0.460 e. The van der Waals surface area contributed by atoms with Crippen LogP contribution in [0.3, 0.4) is 0 Å². The van der Waals surface area contributed by atoms with Gasteiger partial charge in [0.05, 0.1) is 6.42 Å². The highest BCUT2D eigenvalue weighted by Gasteiger charge is 2.31. The van der Waals surface area contributed by atoms with Crippen LogP contribution in [-0.4, -0.2) is 17.6 Å². The van der Waals surface area contributed by atoms with Gasteiger partial charge in [-0.2, -0.15) is 0 Å². The zero-order valence-corrected chi connectivity index (χ0v) is 10.7. The molecule has 1 saturated carbocycles. The Morgan fingerprint density at radius 1 is 1.40 bits per heavy atom. The quantitative estimate of drug-likeness (QED) is 0.736. The second kappa shape index (κ2) is 6.11. The molecule has 0 saturated heterocycles. The highest BCUT2D eigenvalue weighted by molar-refractivity contribution is 5.70. The third-order valence-corrected chi connectivity index (χ3v) is 2.05. The van der Waals surface area contributed by atoms with E-state index in [1.54, 1.807) is 0 Å². The number of ether oxygens (including phenoxy) is 1. The van der Waals surface area contributed by atoms with Crippen LogP contribution in [0.4, 0.5) is 0 Å². The minimum absolute atomic E-state index is 0.00912. The van der Waals surface area contributed by atoms with Gasteiger partial charge in [0.2, 0.25) is 0 Å². The van der Waals surface area contributed by atoms with Crippen LogP contribution in [0.15, 0.2) is 0 Å². The molecule has 3 heteroatoms. The third kappa shape index (κ3) is 7.37. The number of carbonyl (C=O) groups is 1. The molecule has 1 aliphatic carbocycles. The summed E-state index contributed by atoms with van der Waals surface area (Å²) in [5, 5.41) is 0. The second-order valence-electron chi connectivity index (χ2n) is 4.79. The predicted octanol–water partition coefficient (Wildman–Crippen LogP) is 2.48. The predicted molar refractivity (Wildman–Crippen MR) is 62.5 cm³/mol. The molecule has 0 aromatic carbocycles. The van der Waals surface area contributed by atoms with E-state index in [-0.39, 0.29) is 17.6 Å². The Bertz CT molecular complexity index is 192. The lowest BCUT2D eigenvalue weighted by Crippen LogP contribution is -2.31. The fraction of sp³-hybridized carbons (Fsp3) is 0.917. The first-order valence-electron chi connectivity index (χ1n) is 5.86. The van der Waals surface area contributed by atoms with Crippen molar-refractivity contribution in [1.29, 1.82) is 0 Å². The van der Waals surface area contributed by atoms with Gasteiger partial charge < -0.3 is 10.5 Å².